The van der Waals surface area contributed by atoms with E-state index in [2.05, 4.69) is 31.0 Å². The van der Waals surface area contributed by atoms with Gasteiger partial charge in [0.05, 0.1) is 7.11 Å². The summed E-state index contributed by atoms with van der Waals surface area (Å²) in [5.74, 6) is 0.0987. The number of nitrogens with one attached hydrogen (secondary N) is 1. The topological polar surface area (TPSA) is 24.5 Å². The van der Waals surface area contributed by atoms with Crippen LogP contribution in [0.3, 0.4) is 0 Å². The molecular formula is C17H27FN2O. The summed E-state index contributed by atoms with van der Waals surface area (Å²) < 4.78 is 19.5. The molecule has 2 rings (SSSR count). The van der Waals surface area contributed by atoms with Crippen molar-refractivity contribution in [2.75, 3.05) is 20.2 Å². The van der Waals surface area contributed by atoms with Gasteiger partial charge >= 0.3 is 0 Å². The second-order valence-corrected chi connectivity index (χ2v) is 6.03. The molecule has 0 aliphatic carbocycles. The van der Waals surface area contributed by atoms with Crippen LogP contribution in [0.4, 0.5) is 4.39 Å². The van der Waals surface area contributed by atoms with Crippen molar-refractivity contribution in [3.8, 4) is 5.75 Å². The predicted octanol–water partition coefficient (Wildman–Crippen LogP) is 3.19. The second kappa shape index (κ2) is 6.75. The van der Waals surface area contributed by atoms with Crippen LogP contribution in [0.5, 0.6) is 5.75 Å². The van der Waals surface area contributed by atoms with E-state index in [4.69, 9.17) is 4.74 Å². The molecule has 1 aliphatic rings. The van der Waals surface area contributed by atoms with E-state index in [0.29, 0.717) is 18.3 Å². The van der Waals surface area contributed by atoms with E-state index in [1.807, 2.05) is 12.1 Å². The average Bonchev–Trinajstić information content (AvgIpc) is 2.50. The zero-order valence-corrected chi connectivity index (χ0v) is 13.6. The summed E-state index contributed by atoms with van der Waals surface area (Å²) in [7, 11) is 1.51. The van der Waals surface area contributed by atoms with Crippen LogP contribution in [0.15, 0.2) is 18.2 Å². The summed E-state index contributed by atoms with van der Waals surface area (Å²) in [4.78, 5) is 2.44. The van der Waals surface area contributed by atoms with E-state index < -0.39 is 0 Å². The lowest BCUT2D eigenvalue weighted by Crippen LogP contribution is -2.63. The van der Waals surface area contributed by atoms with Crippen LogP contribution in [-0.4, -0.2) is 36.7 Å². The van der Waals surface area contributed by atoms with Crippen molar-refractivity contribution in [2.45, 2.75) is 51.7 Å². The molecule has 0 aromatic heterocycles. The van der Waals surface area contributed by atoms with Crippen molar-refractivity contribution >= 4 is 0 Å². The van der Waals surface area contributed by atoms with Gasteiger partial charge in [-0.1, -0.05) is 26.0 Å². The van der Waals surface area contributed by atoms with Crippen LogP contribution in [0.25, 0.3) is 0 Å². The van der Waals surface area contributed by atoms with Gasteiger partial charge in [-0.05, 0) is 25.8 Å². The molecule has 1 aromatic rings. The highest BCUT2D eigenvalue weighted by Gasteiger charge is 2.38. The average molecular weight is 294 g/mol. The minimum Gasteiger partial charge on any atom is -0.494 e. The molecular weight excluding hydrogens is 267 g/mol. The van der Waals surface area contributed by atoms with Crippen LogP contribution >= 0.6 is 0 Å². The van der Waals surface area contributed by atoms with Crippen LogP contribution in [-0.2, 0) is 6.54 Å². The summed E-state index contributed by atoms with van der Waals surface area (Å²) >= 11 is 0. The van der Waals surface area contributed by atoms with Gasteiger partial charge in [0.15, 0.2) is 11.6 Å². The quantitative estimate of drug-likeness (QED) is 0.902. The summed E-state index contributed by atoms with van der Waals surface area (Å²) in [5.41, 5.74) is 0.830. The molecule has 1 fully saturated rings. The summed E-state index contributed by atoms with van der Waals surface area (Å²) in [6.45, 7) is 9.16. The number of piperazine rings is 1. The Morgan fingerprint density at radius 3 is 2.71 bits per heavy atom. The minimum absolute atomic E-state index is 0.113. The van der Waals surface area contributed by atoms with Gasteiger partial charge in [-0.15, -0.1) is 0 Å². The van der Waals surface area contributed by atoms with E-state index in [1.54, 1.807) is 6.07 Å². The molecule has 0 bridgehead atoms. The maximum absolute atomic E-state index is 14.4. The number of halogens is 1. The van der Waals surface area contributed by atoms with Crippen molar-refractivity contribution in [2.24, 2.45) is 0 Å². The maximum Gasteiger partial charge on any atom is 0.169 e. The predicted molar refractivity (Wildman–Crippen MR) is 84.1 cm³/mol. The lowest BCUT2D eigenvalue weighted by Gasteiger charge is -2.49. The van der Waals surface area contributed by atoms with E-state index in [0.717, 1.165) is 31.5 Å². The largest absolute Gasteiger partial charge is 0.494 e. The lowest BCUT2D eigenvalue weighted by atomic mass is 9.87. The first-order valence-electron chi connectivity index (χ1n) is 7.86. The highest BCUT2D eigenvalue weighted by Crippen LogP contribution is 2.30. The molecule has 0 radical (unpaired) electrons. The first-order valence-corrected chi connectivity index (χ1v) is 7.86. The lowest BCUT2D eigenvalue weighted by molar-refractivity contribution is 0.0269. The maximum atomic E-state index is 14.4. The monoisotopic (exact) mass is 294 g/mol. The zero-order chi connectivity index (χ0) is 15.5. The molecule has 1 saturated heterocycles. The molecule has 118 valence electrons. The molecule has 1 N–H and O–H groups in total. The van der Waals surface area contributed by atoms with Crippen LogP contribution in [0.2, 0.25) is 0 Å². The fraction of sp³-hybridized carbons (Fsp3) is 0.647. The molecule has 1 heterocycles. The smallest absolute Gasteiger partial charge is 0.169 e. The van der Waals surface area contributed by atoms with E-state index >= 15 is 0 Å². The number of hydrogen-bond donors (Lipinski definition) is 1. The number of rotatable bonds is 5. The molecule has 1 atom stereocenters. The Morgan fingerprint density at radius 1 is 1.38 bits per heavy atom. The van der Waals surface area contributed by atoms with E-state index in [-0.39, 0.29) is 11.4 Å². The van der Waals surface area contributed by atoms with Gasteiger partial charge in [0.2, 0.25) is 0 Å². The van der Waals surface area contributed by atoms with Crippen molar-refractivity contribution in [3.05, 3.63) is 29.6 Å². The first-order chi connectivity index (χ1) is 10.1. The Balaban J connectivity index is 2.26. The number of nitrogens with zero attached hydrogens (tertiary/aromatic N) is 1. The van der Waals surface area contributed by atoms with Gasteiger partial charge in [-0.2, -0.15) is 0 Å². The highest BCUT2D eigenvalue weighted by atomic mass is 19.1. The number of hydrogen-bond acceptors (Lipinski definition) is 3. The molecule has 1 aromatic carbocycles. The molecule has 4 heteroatoms. The Morgan fingerprint density at radius 2 is 2.10 bits per heavy atom. The van der Waals surface area contributed by atoms with Crippen molar-refractivity contribution in [1.82, 2.24) is 10.2 Å². The first kappa shape index (κ1) is 16.2. The molecule has 3 nitrogen and oxygen atoms in total. The van der Waals surface area contributed by atoms with E-state index in [9.17, 15) is 4.39 Å². The number of benzene rings is 1. The molecule has 0 saturated carbocycles. The summed E-state index contributed by atoms with van der Waals surface area (Å²) in [6.07, 6.45) is 2.13. The molecule has 1 unspecified atom stereocenters. The van der Waals surface area contributed by atoms with Gasteiger partial charge < -0.3 is 10.1 Å². The fourth-order valence-corrected chi connectivity index (χ4v) is 3.29. The van der Waals surface area contributed by atoms with Crippen molar-refractivity contribution < 1.29 is 9.13 Å². The highest BCUT2D eigenvalue weighted by molar-refractivity contribution is 5.31. The third-order valence-corrected chi connectivity index (χ3v) is 4.89. The third-order valence-electron chi connectivity index (χ3n) is 4.89. The molecule has 0 amide bonds. The van der Waals surface area contributed by atoms with Gasteiger partial charge in [-0.3, -0.25) is 4.90 Å². The van der Waals surface area contributed by atoms with Gasteiger partial charge in [-0.25, -0.2) is 4.39 Å². The van der Waals surface area contributed by atoms with Gasteiger partial charge in [0.1, 0.15) is 0 Å². The summed E-state index contributed by atoms with van der Waals surface area (Å²) in [6, 6.07) is 5.83. The number of methoxy groups -OCH3 is 1. The van der Waals surface area contributed by atoms with Gasteiger partial charge in [0, 0.05) is 36.8 Å². The Hall–Kier alpha value is -1.13. The van der Waals surface area contributed by atoms with E-state index in [1.165, 1.54) is 7.11 Å². The van der Waals surface area contributed by atoms with Gasteiger partial charge in [0.25, 0.3) is 0 Å². The Labute approximate surface area is 127 Å². The minimum atomic E-state index is -0.229. The van der Waals surface area contributed by atoms with Crippen molar-refractivity contribution in [3.63, 3.8) is 0 Å². The zero-order valence-electron chi connectivity index (χ0n) is 13.6. The second-order valence-electron chi connectivity index (χ2n) is 6.03. The SMILES string of the molecule is CCC1(CC)CNC(C)CN1Cc1cccc(OC)c1F. The van der Waals surface area contributed by atoms with Crippen LogP contribution in [0, 0.1) is 5.82 Å². The molecule has 21 heavy (non-hydrogen) atoms. The molecule has 1 aliphatic heterocycles. The number of ether oxygens (including phenoxy) is 1. The van der Waals surface area contributed by atoms with Crippen molar-refractivity contribution in [1.29, 1.82) is 0 Å². The standard InChI is InChI=1S/C17H27FN2O/c1-5-17(6-2)12-19-13(3)10-20(17)11-14-8-7-9-15(21-4)16(14)18/h7-9,13,19H,5-6,10-12H2,1-4H3. The molecule has 0 spiro atoms. The fourth-order valence-electron chi connectivity index (χ4n) is 3.29. The normalized spacial score (nSPS) is 22.2. The summed E-state index contributed by atoms with van der Waals surface area (Å²) in [5, 5.41) is 3.57. The van der Waals surface area contributed by atoms with Crippen LogP contribution < -0.4 is 10.1 Å². The third kappa shape index (κ3) is 3.22. The Kier molecular flexibility index (Phi) is 5.22. The Bertz CT molecular complexity index is 474. The van der Waals surface area contributed by atoms with Crippen LogP contribution in [0.1, 0.15) is 39.2 Å².